The highest BCUT2D eigenvalue weighted by Crippen LogP contribution is 2.22. The van der Waals surface area contributed by atoms with Crippen molar-refractivity contribution >= 4 is 11.8 Å². The molecule has 2 rings (SSSR count). The number of hydrogen-bond donors (Lipinski definition) is 2. The Balaban J connectivity index is 1.95. The Morgan fingerprint density at radius 1 is 1.07 bits per heavy atom. The number of hydrogen-bond acceptors (Lipinski definition) is 4. The van der Waals surface area contributed by atoms with Crippen LogP contribution in [0.1, 0.15) is 69.3 Å². The number of carbonyl (C=O) groups is 2. The smallest absolute Gasteiger partial charge is 0.251 e. The van der Waals surface area contributed by atoms with Crippen molar-refractivity contribution in [1.29, 1.82) is 0 Å². The second kappa shape index (κ2) is 10.4. The molecule has 6 nitrogen and oxygen atoms in total. The number of benzene rings is 1. The van der Waals surface area contributed by atoms with Gasteiger partial charge in [-0.15, -0.1) is 0 Å². The predicted octanol–water partition coefficient (Wildman–Crippen LogP) is 3.89. The highest BCUT2D eigenvalue weighted by atomic mass is 16.3. The van der Waals surface area contributed by atoms with E-state index in [1.807, 2.05) is 24.3 Å². The van der Waals surface area contributed by atoms with Crippen molar-refractivity contribution in [2.24, 2.45) is 0 Å². The van der Waals surface area contributed by atoms with E-state index in [1.165, 1.54) is 0 Å². The molecule has 6 heteroatoms. The van der Waals surface area contributed by atoms with Gasteiger partial charge < -0.3 is 15.1 Å². The molecule has 2 aromatic rings. The summed E-state index contributed by atoms with van der Waals surface area (Å²) >= 11 is 0. The van der Waals surface area contributed by atoms with E-state index >= 15 is 0 Å². The fraction of sp³-hybridized carbons (Fsp3) is 0.500. The molecule has 0 radical (unpaired) electrons. The lowest BCUT2D eigenvalue weighted by Gasteiger charge is -2.28. The van der Waals surface area contributed by atoms with E-state index in [4.69, 9.17) is 4.42 Å². The Labute approximate surface area is 180 Å². The molecule has 0 spiro atoms. The molecule has 164 valence electrons. The van der Waals surface area contributed by atoms with Crippen LogP contribution in [0.2, 0.25) is 0 Å². The van der Waals surface area contributed by atoms with E-state index in [0.29, 0.717) is 12.1 Å². The molecule has 1 aromatic heterocycles. The van der Waals surface area contributed by atoms with Crippen LogP contribution >= 0.6 is 0 Å². The van der Waals surface area contributed by atoms with Gasteiger partial charge in [0.25, 0.3) is 5.91 Å². The van der Waals surface area contributed by atoms with Gasteiger partial charge in [0.05, 0.1) is 12.3 Å². The lowest BCUT2D eigenvalue weighted by molar-refractivity contribution is -0.122. The molecule has 2 atom stereocenters. The fourth-order valence-corrected chi connectivity index (χ4v) is 3.37. The van der Waals surface area contributed by atoms with Crippen LogP contribution in [-0.4, -0.2) is 42.4 Å². The Morgan fingerprint density at radius 2 is 1.70 bits per heavy atom. The summed E-state index contributed by atoms with van der Waals surface area (Å²) in [6, 6.07) is 10.6. The maximum Gasteiger partial charge on any atom is 0.251 e. The summed E-state index contributed by atoms with van der Waals surface area (Å²) < 4.78 is 5.57. The number of carbonyl (C=O) groups excluding carboxylic acids is 2. The van der Waals surface area contributed by atoms with Crippen molar-refractivity contribution in [1.82, 2.24) is 15.5 Å². The molecule has 0 bridgehead atoms. The van der Waals surface area contributed by atoms with Gasteiger partial charge in [-0.3, -0.25) is 14.5 Å². The Bertz CT molecular complexity index is 803. The number of furan rings is 1. The molecule has 1 aromatic carbocycles. The normalized spacial score (nSPS) is 13.7. The fourth-order valence-electron chi connectivity index (χ4n) is 3.37. The minimum Gasteiger partial charge on any atom is -0.468 e. The van der Waals surface area contributed by atoms with Gasteiger partial charge in [0, 0.05) is 12.1 Å². The maximum atomic E-state index is 12.6. The van der Waals surface area contributed by atoms with Crippen LogP contribution in [0.15, 0.2) is 47.1 Å². The van der Waals surface area contributed by atoms with Crippen molar-refractivity contribution in [3.63, 3.8) is 0 Å². The first-order valence-corrected chi connectivity index (χ1v) is 10.6. The van der Waals surface area contributed by atoms with E-state index < -0.39 is 6.04 Å². The van der Waals surface area contributed by atoms with Crippen molar-refractivity contribution in [2.75, 3.05) is 19.6 Å². The monoisotopic (exact) mass is 413 g/mol. The molecule has 0 aliphatic carbocycles. The average Bonchev–Trinajstić information content (AvgIpc) is 3.24. The van der Waals surface area contributed by atoms with Crippen LogP contribution < -0.4 is 10.6 Å². The van der Waals surface area contributed by atoms with Crippen LogP contribution in [0.4, 0.5) is 0 Å². The molecule has 2 amide bonds. The third-order valence-electron chi connectivity index (χ3n) is 5.35. The van der Waals surface area contributed by atoms with E-state index in [1.54, 1.807) is 25.3 Å². The third kappa shape index (κ3) is 6.20. The highest BCUT2D eigenvalue weighted by molar-refractivity contribution is 5.97. The summed E-state index contributed by atoms with van der Waals surface area (Å²) in [4.78, 5) is 27.3. The first kappa shape index (κ1) is 23.7. The van der Waals surface area contributed by atoms with Gasteiger partial charge in [-0.1, -0.05) is 46.8 Å². The Kier molecular flexibility index (Phi) is 8.24. The van der Waals surface area contributed by atoms with Gasteiger partial charge in [0.2, 0.25) is 5.91 Å². The van der Waals surface area contributed by atoms with Crippen LogP contribution in [0.5, 0.6) is 0 Å². The van der Waals surface area contributed by atoms with Crippen molar-refractivity contribution in [2.45, 2.75) is 59.0 Å². The lowest BCUT2D eigenvalue weighted by Crippen LogP contribution is -2.47. The van der Waals surface area contributed by atoms with Crippen LogP contribution in [-0.2, 0) is 10.2 Å². The standard InChI is InChI=1S/C24H35N3O3/c1-7-27(8-2)20(21-10-9-15-30-21)16-25-22(28)17(3)26-23(29)18-11-13-19(14-12-18)24(4,5)6/h9-15,17,20H,7-8,16H2,1-6H3,(H,25,28)(H,26,29). The van der Waals surface area contributed by atoms with Crippen molar-refractivity contribution in [3.8, 4) is 0 Å². The van der Waals surface area contributed by atoms with Crippen LogP contribution in [0.3, 0.4) is 0 Å². The zero-order chi connectivity index (χ0) is 22.3. The molecule has 1 heterocycles. The van der Waals surface area contributed by atoms with Gasteiger partial charge in [0.1, 0.15) is 11.8 Å². The van der Waals surface area contributed by atoms with E-state index in [0.717, 1.165) is 24.4 Å². The average molecular weight is 414 g/mol. The summed E-state index contributed by atoms with van der Waals surface area (Å²) in [6.45, 7) is 14.3. The largest absolute Gasteiger partial charge is 0.468 e. The molecule has 2 unspecified atom stereocenters. The summed E-state index contributed by atoms with van der Waals surface area (Å²) in [7, 11) is 0. The number of rotatable bonds is 9. The quantitative estimate of drug-likeness (QED) is 0.654. The Hall–Kier alpha value is -2.60. The molecule has 30 heavy (non-hydrogen) atoms. The van der Waals surface area contributed by atoms with E-state index in [9.17, 15) is 9.59 Å². The number of nitrogens with one attached hydrogen (secondary N) is 2. The first-order chi connectivity index (χ1) is 14.2. The lowest BCUT2D eigenvalue weighted by atomic mass is 9.86. The van der Waals surface area contributed by atoms with Gasteiger partial charge in [-0.2, -0.15) is 0 Å². The molecule has 0 aliphatic heterocycles. The van der Waals surface area contributed by atoms with E-state index in [2.05, 4.69) is 50.2 Å². The molecule has 2 N–H and O–H groups in total. The maximum absolute atomic E-state index is 12.6. The first-order valence-electron chi connectivity index (χ1n) is 10.6. The minimum atomic E-state index is -0.645. The molecule has 0 fully saturated rings. The summed E-state index contributed by atoms with van der Waals surface area (Å²) in [6.07, 6.45) is 1.64. The van der Waals surface area contributed by atoms with Crippen molar-refractivity contribution < 1.29 is 14.0 Å². The third-order valence-corrected chi connectivity index (χ3v) is 5.35. The highest BCUT2D eigenvalue weighted by Gasteiger charge is 2.23. The summed E-state index contributed by atoms with van der Waals surface area (Å²) in [5, 5.41) is 5.73. The SMILES string of the molecule is CCN(CC)C(CNC(=O)C(C)NC(=O)c1ccc(C(C)(C)C)cc1)c1ccco1. The van der Waals surface area contributed by atoms with Crippen LogP contribution in [0.25, 0.3) is 0 Å². The number of nitrogens with zero attached hydrogens (tertiary/aromatic N) is 1. The van der Waals surface area contributed by atoms with Crippen molar-refractivity contribution in [3.05, 3.63) is 59.5 Å². The van der Waals surface area contributed by atoms with Gasteiger partial charge in [-0.05, 0) is 55.3 Å². The molecule has 0 saturated carbocycles. The second-order valence-electron chi connectivity index (χ2n) is 8.52. The van der Waals surface area contributed by atoms with Gasteiger partial charge in [0.15, 0.2) is 0 Å². The Morgan fingerprint density at radius 3 is 2.20 bits per heavy atom. The predicted molar refractivity (Wildman–Crippen MR) is 119 cm³/mol. The van der Waals surface area contributed by atoms with Gasteiger partial charge in [-0.25, -0.2) is 0 Å². The summed E-state index contributed by atoms with van der Waals surface area (Å²) in [5.74, 6) is 0.331. The van der Waals surface area contributed by atoms with Gasteiger partial charge >= 0.3 is 0 Å². The summed E-state index contributed by atoms with van der Waals surface area (Å²) in [5.41, 5.74) is 1.72. The molecule has 0 saturated heterocycles. The van der Waals surface area contributed by atoms with Crippen LogP contribution in [0, 0.1) is 0 Å². The molecular weight excluding hydrogens is 378 g/mol. The minimum absolute atomic E-state index is 0.0254. The topological polar surface area (TPSA) is 74.6 Å². The second-order valence-corrected chi connectivity index (χ2v) is 8.52. The molecule has 0 aliphatic rings. The molecular formula is C24H35N3O3. The van der Waals surface area contributed by atoms with E-state index in [-0.39, 0.29) is 23.3 Å². The number of likely N-dealkylation sites (N-methyl/N-ethyl adjacent to an activating group) is 1. The zero-order valence-electron chi connectivity index (χ0n) is 19.0. The number of amides is 2. The zero-order valence-corrected chi connectivity index (χ0v) is 19.0.